The van der Waals surface area contributed by atoms with Gasteiger partial charge in [0.05, 0.1) is 13.2 Å². The van der Waals surface area contributed by atoms with E-state index in [9.17, 15) is 19.2 Å². The van der Waals surface area contributed by atoms with Crippen molar-refractivity contribution in [3.05, 3.63) is 0 Å². The summed E-state index contributed by atoms with van der Waals surface area (Å²) in [5.74, 6) is 0.521. The molecule has 6 heteroatoms. The smallest absolute Gasteiger partial charge is 0.306 e. The third-order valence-electron chi connectivity index (χ3n) is 5.06. The van der Waals surface area contributed by atoms with Crippen LogP contribution in [0.25, 0.3) is 0 Å². The van der Waals surface area contributed by atoms with Crippen LogP contribution in [-0.4, -0.2) is 36.7 Å². The van der Waals surface area contributed by atoms with Gasteiger partial charge in [-0.3, -0.25) is 19.2 Å². The third kappa shape index (κ3) is 7.80. The summed E-state index contributed by atoms with van der Waals surface area (Å²) in [4.78, 5) is 46.2. The Morgan fingerprint density at radius 2 is 1.20 bits per heavy atom. The fourth-order valence-corrected chi connectivity index (χ4v) is 3.43. The lowest BCUT2D eigenvalue weighted by Crippen LogP contribution is -2.21. The van der Waals surface area contributed by atoms with Crippen LogP contribution < -0.4 is 0 Å². The summed E-state index contributed by atoms with van der Waals surface area (Å²) in [6.45, 7) is 0.926. The van der Waals surface area contributed by atoms with Crippen molar-refractivity contribution in [2.45, 2.75) is 70.6 Å². The lowest BCUT2D eigenvalue weighted by atomic mass is 9.91. The highest BCUT2D eigenvalue weighted by Gasteiger charge is 2.22. The number of hydrogen-bond acceptors (Lipinski definition) is 6. The van der Waals surface area contributed by atoms with Crippen LogP contribution in [0.2, 0.25) is 0 Å². The van der Waals surface area contributed by atoms with Gasteiger partial charge in [-0.2, -0.15) is 0 Å². The summed E-state index contributed by atoms with van der Waals surface area (Å²) in [5.41, 5.74) is 0. The lowest BCUT2D eigenvalue weighted by Gasteiger charge is -2.20. The molecule has 0 aromatic carbocycles. The molecule has 0 N–H and O–H groups in total. The van der Waals surface area contributed by atoms with E-state index < -0.39 is 0 Å². The standard InChI is InChI=1S/C19H28O6/c20-16(6-4-14-8-10-24-18(22)12-14)2-1-3-17(21)7-5-15-9-11-25-19(23)13-15/h14-15H,1-13H2. The van der Waals surface area contributed by atoms with E-state index in [2.05, 4.69) is 0 Å². The van der Waals surface area contributed by atoms with Crippen LogP contribution in [0.5, 0.6) is 0 Å². The normalized spacial score (nSPS) is 23.7. The van der Waals surface area contributed by atoms with E-state index in [1.807, 2.05) is 0 Å². The molecule has 0 aromatic heterocycles. The maximum absolute atomic E-state index is 11.9. The first-order valence-electron chi connectivity index (χ1n) is 9.37. The van der Waals surface area contributed by atoms with Crippen molar-refractivity contribution in [1.29, 1.82) is 0 Å². The molecule has 140 valence electrons. The van der Waals surface area contributed by atoms with E-state index in [-0.39, 0.29) is 35.3 Å². The van der Waals surface area contributed by atoms with Crippen LogP contribution >= 0.6 is 0 Å². The maximum atomic E-state index is 11.9. The first-order valence-corrected chi connectivity index (χ1v) is 9.37. The van der Waals surface area contributed by atoms with Gasteiger partial charge in [0.15, 0.2) is 0 Å². The zero-order valence-electron chi connectivity index (χ0n) is 14.8. The number of cyclic esters (lactones) is 2. The van der Waals surface area contributed by atoms with Gasteiger partial charge in [-0.15, -0.1) is 0 Å². The Kier molecular flexibility index (Phi) is 8.09. The number of carbonyl (C=O) groups excluding carboxylic acids is 4. The number of hydrogen-bond donors (Lipinski definition) is 0. The molecular formula is C19H28O6. The minimum absolute atomic E-state index is 0.166. The number of carbonyl (C=O) groups is 4. The predicted molar refractivity (Wildman–Crippen MR) is 89.7 cm³/mol. The Morgan fingerprint density at radius 1 is 0.760 bits per heavy atom. The van der Waals surface area contributed by atoms with Crippen LogP contribution in [0.1, 0.15) is 70.6 Å². The number of rotatable bonds is 10. The molecule has 0 bridgehead atoms. The van der Waals surface area contributed by atoms with Crippen molar-refractivity contribution in [3.63, 3.8) is 0 Å². The SMILES string of the molecule is O=C(CCCC(=O)CCC1CCOC(=O)C1)CCC1CCOC(=O)C1. The monoisotopic (exact) mass is 352 g/mol. The molecule has 0 radical (unpaired) electrons. The topological polar surface area (TPSA) is 86.7 Å². The molecule has 25 heavy (non-hydrogen) atoms. The largest absolute Gasteiger partial charge is 0.466 e. The number of Topliss-reactive ketones (excluding diaryl/α,β-unsaturated/α-hetero) is 2. The summed E-state index contributed by atoms with van der Waals surface area (Å²) in [5, 5.41) is 0. The maximum Gasteiger partial charge on any atom is 0.306 e. The minimum atomic E-state index is -0.166. The summed E-state index contributed by atoms with van der Waals surface area (Å²) >= 11 is 0. The van der Waals surface area contributed by atoms with Crippen molar-refractivity contribution >= 4 is 23.5 Å². The molecule has 0 aromatic rings. The highest BCUT2D eigenvalue weighted by atomic mass is 16.5. The molecule has 2 fully saturated rings. The Balaban J connectivity index is 1.50. The second-order valence-corrected chi connectivity index (χ2v) is 7.17. The Labute approximate surface area is 148 Å². The third-order valence-corrected chi connectivity index (χ3v) is 5.06. The van der Waals surface area contributed by atoms with Gasteiger partial charge in [-0.1, -0.05) is 0 Å². The van der Waals surface area contributed by atoms with E-state index >= 15 is 0 Å². The molecule has 0 saturated carbocycles. The van der Waals surface area contributed by atoms with Gasteiger partial charge in [0.1, 0.15) is 11.6 Å². The van der Waals surface area contributed by atoms with E-state index in [1.165, 1.54) is 0 Å². The zero-order valence-corrected chi connectivity index (χ0v) is 14.8. The fraction of sp³-hybridized carbons (Fsp3) is 0.789. The molecule has 2 atom stereocenters. The van der Waals surface area contributed by atoms with Crippen molar-refractivity contribution in [2.24, 2.45) is 11.8 Å². The van der Waals surface area contributed by atoms with Crippen molar-refractivity contribution in [3.8, 4) is 0 Å². The molecule has 6 nitrogen and oxygen atoms in total. The highest BCUT2D eigenvalue weighted by molar-refractivity contribution is 5.81. The van der Waals surface area contributed by atoms with Crippen LogP contribution in [-0.2, 0) is 28.7 Å². The molecule has 0 amide bonds. The van der Waals surface area contributed by atoms with Crippen LogP contribution in [0.4, 0.5) is 0 Å². The van der Waals surface area contributed by atoms with Gasteiger partial charge in [0.25, 0.3) is 0 Å². The van der Waals surface area contributed by atoms with Gasteiger partial charge < -0.3 is 9.47 Å². The molecule has 2 aliphatic rings. The van der Waals surface area contributed by atoms with Crippen LogP contribution in [0.3, 0.4) is 0 Å². The van der Waals surface area contributed by atoms with E-state index in [4.69, 9.17) is 9.47 Å². The molecule has 0 aliphatic carbocycles. The summed E-state index contributed by atoms with van der Waals surface area (Å²) in [7, 11) is 0. The Morgan fingerprint density at radius 3 is 1.60 bits per heavy atom. The van der Waals surface area contributed by atoms with Crippen molar-refractivity contribution < 1.29 is 28.7 Å². The van der Waals surface area contributed by atoms with Crippen LogP contribution in [0.15, 0.2) is 0 Å². The lowest BCUT2D eigenvalue weighted by molar-refractivity contribution is -0.150. The van der Waals surface area contributed by atoms with Gasteiger partial charge in [0.2, 0.25) is 0 Å². The highest BCUT2D eigenvalue weighted by Crippen LogP contribution is 2.23. The number of ether oxygens (including phenoxy) is 2. The second kappa shape index (κ2) is 10.3. The molecular weight excluding hydrogens is 324 g/mol. The predicted octanol–water partition coefficient (Wildman–Crippen LogP) is 2.76. The first kappa shape index (κ1) is 19.6. The van der Waals surface area contributed by atoms with E-state index in [1.54, 1.807) is 0 Å². The van der Waals surface area contributed by atoms with E-state index in [0.717, 1.165) is 25.7 Å². The van der Waals surface area contributed by atoms with Gasteiger partial charge in [0, 0.05) is 38.5 Å². The Hall–Kier alpha value is -1.72. The molecule has 2 aliphatic heterocycles. The fourth-order valence-electron chi connectivity index (χ4n) is 3.43. The summed E-state index contributed by atoms with van der Waals surface area (Å²) in [6, 6.07) is 0. The summed E-state index contributed by atoms with van der Waals surface area (Å²) < 4.78 is 9.78. The van der Waals surface area contributed by atoms with Crippen molar-refractivity contribution in [2.75, 3.05) is 13.2 Å². The van der Waals surface area contributed by atoms with Crippen LogP contribution in [0, 0.1) is 11.8 Å². The Bertz CT molecular complexity index is 454. The minimum Gasteiger partial charge on any atom is -0.466 e. The molecule has 2 rings (SSSR count). The molecule has 2 heterocycles. The number of esters is 2. The molecule has 2 saturated heterocycles. The molecule has 0 spiro atoms. The summed E-state index contributed by atoms with van der Waals surface area (Å²) in [6.07, 6.45) is 6.40. The second-order valence-electron chi connectivity index (χ2n) is 7.17. The zero-order chi connectivity index (χ0) is 18.1. The van der Waals surface area contributed by atoms with Gasteiger partial charge >= 0.3 is 11.9 Å². The number of ketones is 2. The average Bonchev–Trinajstić information content (AvgIpc) is 2.58. The van der Waals surface area contributed by atoms with E-state index in [0.29, 0.717) is 58.2 Å². The average molecular weight is 352 g/mol. The molecule has 2 unspecified atom stereocenters. The first-order chi connectivity index (χ1) is 12.0. The van der Waals surface area contributed by atoms with Gasteiger partial charge in [-0.25, -0.2) is 0 Å². The van der Waals surface area contributed by atoms with Gasteiger partial charge in [-0.05, 0) is 43.9 Å². The quantitative estimate of drug-likeness (QED) is 0.562. The van der Waals surface area contributed by atoms with Crippen molar-refractivity contribution in [1.82, 2.24) is 0 Å².